The van der Waals surface area contributed by atoms with Crippen LogP contribution in [0, 0.1) is 0 Å². The lowest BCUT2D eigenvalue weighted by molar-refractivity contribution is 0.246. The van der Waals surface area contributed by atoms with Crippen LogP contribution in [0.15, 0.2) is 127 Å². The molecule has 67 heavy (non-hydrogen) atoms. The maximum Gasteiger partial charge on any atom is 0.326 e. The van der Waals surface area contributed by atoms with Crippen molar-refractivity contribution in [1.82, 2.24) is 10.6 Å². The van der Waals surface area contributed by atoms with E-state index in [1.54, 1.807) is 46.2 Å². The SMILES string of the molecule is C=C1CCC(c2cc(-c3ccccc3Cl)c3c(c2)N(c2c(Cl)cccc2Cl)C(=O)NC3)CC1.O=C1NCc2c(-c3ccccc3Cl)cc(C3CCC(=NO)CC3)cc2N1c1c(Cl)cccc1Cl. The molecule has 3 N–H and O–H groups in total. The average Bonchev–Trinajstić information content (AvgIpc) is 3.33. The smallest absolute Gasteiger partial charge is 0.326 e. The zero-order valence-corrected chi connectivity index (χ0v) is 40.7. The summed E-state index contributed by atoms with van der Waals surface area (Å²) in [6, 6.07) is 34.1. The lowest BCUT2D eigenvalue weighted by Gasteiger charge is -2.34. The molecule has 6 aromatic rings. The fourth-order valence-corrected chi connectivity index (χ4v) is 11.3. The molecule has 0 spiro atoms. The molecule has 14 heteroatoms. The van der Waals surface area contributed by atoms with Crippen LogP contribution in [0.2, 0.25) is 30.1 Å². The third-order valence-corrected chi connectivity index (χ3v) is 15.1. The molecule has 2 fully saturated rings. The van der Waals surface area contributed by atoms with Crippen molar-refractivity contribution in [3.63, 3.8) is 0 Å². The first-order valence-corrected chi connectivity index (χ1v) is 24.4. The first-order chi connectivity index (χ1) is 32.4. The van der Waals surface area contributed by atoms with E-state index in [1.165, 1.54) is 11.1 Å². The number of hydrogen-bond acceptors (Lipinski definition) is 4. The van der Waals surface area contributed by atoms with Crippen LogP contribution in [0.3, 0.4) is 0 Å². The Hall–Kier alpha value is -5.19. The first-order valence-electron chi connectivity index (χ1n) is 22.2. The summed E-state index contributed by atoms with van der Waals surface area (Å²) in [5, 5.41) is 21.5. The van der Waals surface area contributed by atoms with Gasteiger partial charge in [0.15, 0.2) is 0 Å². The number of anilines is 4. The van der Waals surface area contributed by atoms with E-state index in [2.05, 4.69) is 46.6 Å². The van der Waals surface area contributed by atoms with Crippen LogP contribution in [-0.4, -0.2) is 23.0 Å². The minimum atomic E-state index is -0.289. The highest BCUT2D eigenvalue weighted by Crippen LogP contribution is 2.49. The number of oxime groups is 1. The van der Waals surface area contributed by atoms with Crippen molar-refractivity contribution >= 4 is 110 Å². The van der Waals surface area contributed by atoms with Gasteiger partial charge in [-0.25, -0.2) is 9.59 Å². The molecule has 342 valence electrons. The van der Waals surface area contributed by atoms with Crippen molar-refractivity contribution in [1.29, 1.82) is 0 Å². The molecule has 0 atom stereocenters. The van der Waals surface area contributed by atoms with Gasteiger partial charge in [-0.1, -0.05) is 148 Å². The Kier molecular flexibility index (Phi) is 14.1. The summed E-state index contributed by atoms with van der Waals surface area (Å²) in [6.45, 7) is 4.92. The average molecular weight is 1010 g/mol. The molecule has 0 bridgehead atoms. The summed E-state index contributed by atoms with van der Waals surface area (Å²) < 4.78 is 0. The Morgan fingerprint density at radius 1 is 0.507 bits per heavy atom. The number of amides is 4. The number of carbonyl (C=O) groups is 2. The molecule has 2 aliphatic heterocycles. The number of carbonyl (C=O) groups excluding carboxylic acids is 2. The van der Waals surface area contributed by atoms with E-state index in [0.29, 0.717) is 60.5 Å². The topological polar surface area (TPSA) is 97.3 Å². The van der Waals surface area contributed by atoms with Gasteiger partial charge in [0, 0.05) is 45.4 Å². The number of para-hydroxylation sites is 2. The number of nitrogens with one attached hydrogen (secondary N) is 2. The van der Waals surface area contributed by atoms with Crippen molar-refractivity contribution in [3.05, 3.63) is 174 Å². The number of urea groups is 2. The zero-order valence-electron chi connectivity index (χ0n) is 36.2. The van der Waals surface area contributed by atoms with Crippen LogP contribution in [0.1, 0.15) is 85.5 Å². The van der Waals surface area contributed by atoms with E-state index in [1.807, 2.05) is 48.5 Å². The number of benzene rings is 6. The molecule has 4 aliphatic rings. The second kappa shape index (κ2) is 20.2. The highest BCUT2D eigenvalue weighted by molar-refractivity contribution is 6.41. The third kappa shape index (κ3) is 9.50. The van der Waals surface area contributed by atoms with Crippen LogP contribution >= 0.6 is 69.6 Å². The predicted molar refractivity (Wildman–Crippen MR) is 276 cm³/mol. The number of nitrogens with zero attached hydrogens (tertiary/aromatic N) is 3. The van der Waals surface area contributed by atoms with Crippen LogP contribution in [0.5, 0.6) is 0 Å². The number of allylic oxidation sites excluding steroid dienone is 1. The number of fused-ring (bicyclic) bond motifs is 2. The molecule has 0 unspecified atom stereocenters. The summed E-state index contributed by atoms with van der Waals surface area (Å²) >= 11 is 39.4. The summed E-state index contributed by atoms with van der Waals surface area (Å²) in [7, 11) is 0. The number of hydrogen-bond donors (Lipinski definition) is 3. The standard InChI is InChI=1S/C27H23Cl3N2O.C26H22Cl3N3O2/c1-16-9-11-17(12-10-16)18-13-20(19-5-2-3-6-22(19)28)21-15-31-27(33)32(25(21)14-18)26-23(29)7-4-8-24(26)30;27-21-5-2-1-4-18(21)19-12-16(15-8-10-17(31-34)11-9-15)13-24-20(19)14-30-26(33)32(24)25-22(28)6-3-7-23(25)29/h2-8,13-14,17H,1,9-12,15H2,(H,31,33);1-7,12-13,15,34H,8-11,14H2,(H,30,33). The fraction of sp³-hybridized carbons (Fsp3) is 0.226. The van der Waals surface area contributed by atoms with Gasteiger partial charge in [0.1, 0.15) is 0 Å². The second-order valence-corrected chi connectivity index (χ2v) is 19.6. The second-order valence-electron chi connectivity index (χ2n) is 17.2. The van der Waals surface area contributed by atoms with Crippen molar-refractivity contribution in [2.75, 3.05) is 9.80 Å². The van der Waals surface area contributed by atoms with E-state index in [9.17, 15) is 9.59 Å². The van der Waals surface area contributed by atoms with E-state index >= 15 is 0 Å². The van der Waals surface area contributed by atoms with E-state index in [4.69, 9.17) is 74.8 Å². The van der Waals surface area contributed by atoms with E-state index < -0.39 is 0 Å². The largest absolute Gasteiger partial charge is 0.411 e. The van der Waals surface area contributed by atoms with Gasteiger partial charge in [0.25, 0.3) is 0 Å². The van der Waals surface area contributed by atoms with E-state index in [0.717, 1.165) is 107 Å². The molecule has 0 aromatic heterocycles. The molecule has 2 heterocycles. The Labute approximate surface area is 420 Å². The monoisotopic (exact) mass is 1010 g/mol. The molecular formula is C53H45Cl6N5O3. The van der Waals surface area contributed by atoms with Gasteiger partial charge in [-0.15, -0.1) is 0 Å². The van der Waals surface area contributed by atoms with Crippen LogP contribution in [-0.2, 0) is 13.1 Å². The highest BCUT2D eigenvalue weighted by atomic mass is 35.5. The van der Waals surface area contributed by atoms with Crippen molar-refractivity contribution in [2.24, 2.45) is 5.16 Å². The van der Waals surface area contributed by atoms with Crippen LogP contribution < -0.4 is 20.4 Å². The fourth-order valence-electron chi connectivity index (χ4n) is 9.74. The Bertz CT molecular complexity index is 2920. The van der Waals surface area contributed by atoms with Gasteiger partial charge in [0.05, 0.1) is 48.6 Å². The summed E-state index contributed by atoms with van der Waals surface area (Å²) in [6.07, 6.45) is 7.31. The van der Waals surface area contributed by atoms with Gasteiger partial charge < -0.3 is 15.8 Å². The van der Waals surface area contributed by atoms with Gasteiger partial charge in [0.2, 0.25) is 0 Å². The van der Waals surface area contributed by atoms with Gasteiger partial charge >= 0.3 is 12.1 Å². The maximum absolute atomic E-state index is 13.2. The van der Waals surface area contributed by atoms with E-state index in [-0.39, 0.29) is 18.0 Å². The minimum Gasteiger partial charge on any atom is -0.411 e. The molecule has 8 nitrogen and oxygen atoms in total. The molecule has 10 rings (SSSR count). The molecular weight excluding hydrogens is 967 g/mol. The lowest BCUT2D eigenvalue weighted by atomic mass is 9.80. The van der Waals surface area contributed by atoms with Crippen molar-refractivity contribution in [2.45, 2.75) is 76.3 Å². The van der Waals surface area contributed by atoms with Gasteiger partial charge in [-0.2, -0.15) is 0 Å². The van der Waals surface area contributed by atoms with Crippen LogP contribution in [0.25, 0.3) is 22.3 Å². The predicted octanol–water partition coefficient (Wildman–Crippen LogP) is 17.1. The lowest BCUT2D eigenvalue weighted by Crippen LogP contribution is -2.41. The summed E-state index contributed by atoms with van der Waals surface area (Å²) in [5.74, 6) is 0.640. The van der Waals surface area contributed by atoms with Crippen LogP contribution in [0.4, 0.5) is 32.3 Å². The van der Waals surface area contributed by atoms with Gasteiger partial charge in [-0.3, -0.25) is 9.80 Å². The zero-order chi connectivity index (χ0) is 46.9. The first kappa shape index (κ1) is 46.9. The molecule has 4 amide bonds. The van der Waals surface area contributed by atoms with Gasteiger partial charge in [-0.05, 0) is 134 Å². The Balaban J connectivity index is 0.000000168. The molecule has 0 radical (unpaired) electrons. The summed E-state index contributed by atoms with van der Waals surface area (Å²) in [5.41, 5.74) is 12.7. The highest BCUT2D eigenvalue weighted by Gasteiger charge is 2.35. The minimum absolute atomic E-state index is 0.253. The molecule has 0 saturated heterocycles. The number of rotatable bonds is 6. The maximum atomic E-state index is 13.2. The normalized spacial score (nSPS) is 17.2. The Morgan fingerprint density at radius 3 is 1.27 bits per heavy atom. The summed E-state index contributed by atoms with van der Waals surface area (Å²) in [4.78, 5) is 29.5. The number of halogens is 6. The molecule has 2 aliphatic carbocycles. The quantitative estimate of drug-likeness (QED) is 0.0881. The third-order valence-electron chi connectivity index (χ3n) is 13.2. The van der Waals surface area contributed by atoms with Crippen molar-refractivity contribution in [3.8, 4) is 22.3 Å². The molecule has 2 saturated carbocycles. The molecule has 6 aromatic carbocycles. The van der Waals surface area contributed by atoms with Crippen molar-refractivity contribution < 1.29 is 14.8 Å². The Morgan fingerprint density at radius 2 is 0.881 bits per heavy atom.